The van der Waals surface area contributed by atoms with Gasteiger partial charge in [0, 0.05) is 30.7 Å². The van der Waals surface area contributed by atoms with Crippen molar-refractivity contribution in [1.82, 2.24) is 9.21 Å². The van der Waals surface area contributed by atoms with Crippen LogP contribution in [0.4, 0.5) is 4.39 Å². The summed E-state index contributed by atoms with van der Waals surface area (Å²) in [6, 6.07) is 3.60. The Hall–Kier alpha value is -1.18. The number of sulfonamides is 1. The van der Waals surface area contributed by atoms with Gasteiger partial charge in [-0.15, -0.1) is 0 Å². The van der Waals surface area contributed by atoms with Crippen molar-refractivity contribution in [2.45, 2.75) is 25.4 Å². The van der Waals surface area contributed by atoms with E-state index in [0.717, 1.165) is 6.26 Å². The van der Waals surface area contributed by atoms with Crippen LogP contribution in [-0.2, 0) is 21.4 Å². The average Bonchev–Trinajstić information content (AvgIpc) is 2.91. The summed E-state index contributed by atoms with van der Waals surface area (Å²) in [6.45, 7) is 0.335. The van der Waals surface area contributed by atoms with Crippen LogP contribution in [0, 0.1) is 5.82 Å². The molecule has 0 aromatic heterocycles. The average molecular weight is 349 g/mol. The summed E-state index contributed by atoms with van der Waals surface area (Å²) in [6.07, 6.45) is 2.20. The van der Waals surface area contributed by atoms with Gasteiger partial charge >= 0.3 is 0 Å². The van der Waals surface area contributed by atoms with E-state index >= 15 is 0 Å². The molecule has 1 fully saturated rings. The van der Waals surface area contributed by atoms with Crippen LogP contribution in [0.2, 0.25) is 5.02 Å². The molecule has 0 saturated carbocycles. The molecule has 0 spiro atoms. The number of benzene rings is 1. The van der Waals surface area contributed by atoms with Gasteiger partial charge in [-0.3, -0.25) is 4.79 Å². The molecule has 1 aromatic rings. The normalized spacial score (nSPS) is 19.4. The number of rotatable bonds is 4. The van der Waals surface area contributed by atoms with Gasteiger partial charge in [0.15, 0.2) is 0 Å². The molecule has 5 nitrogen and oxygen atoms in total. The van der Waals surface area contributed by atoms with E-state index in [4.69, 9.17) is 11.6 Å². The molecular weight excluding hydrogens is 331 g/mol. The second kappa shape index (κ2) is 6.52. The number of likely N-dealkylation sites (N-methyl/N-ethyl adjacent to an activating group) is 1. The van der Waals surface area contributed by atoms with Crippen LogP contribution in [0.5, 0.6) is 0 Å². The Kier molecular flexibility index (Phi) is 5.09. The number of carbonyl (C=O) groups is 1. The Morgan fingerprint density at radius 1 is 1.50 bits per heavy atom. The summed E-state index contributed by atoms with van der Waals surface area (Å²) in [4.78, 5) is 13.8. The summed E-state index contributed by atoms with van der Waals surface area (Å²) in [5.74, 6) is -0.833. The molecule has 1 aromatic carbocycles. The van der Waals surface area contributed by atoms with Crippen LogP contribution >= 0.6 is 11.6 Å². The summed E-state index contributed by atoms with van der Waals surface area (Å²) in [5.41, 5.74) is 0.226. The molecule has 1 aliphatic heterocycles. The number of amides is 1. The number of hydrogen-bond acceptors (Lipinski definition) is 3. The van der Waals surface area contributed by atoms with Crippen LogP contribution in [0.15, 0.2) is 18.2 Å². The van der Waals surface area contributed by atoms with Crippen LogP contribution < -0.4 is 0 Å². The first-order valence-corrected chi connectivity index (χ1v) is 9.09. The van der Waals surface area contributed by atoms with Gasteiger partial charge in [0.25, 0.3) is 0 Å². The van der Waals surface area contributed by atoms with Crippen LogP contribution in [0.25, 0.3) is 0 Å². The third-order valence-corrected chi connectivity index (χ3v) is 5.39. The van der Waals surface area contributed by atoms with Gasteiger partial charge in [-0.25, -0.2) is 12.8 Å². The van der Waals surface area contributed by atoms with E-state index in [-0.39, 0.29) is 23.0 Å². The Morgan fingerprint density at radius 3 is 2.77 bits per heavy atom. The van der Waals surface area contributed by atoms with Crippen molar-refractivity contribution in [1.29, 1.82) is 0 Å². The molecule has 0 bridgehead atoms. The second-order valence-electron chi connectivity index (χ2n) is 5.43. The summed E-state index contributed by atoms with van der Waals surface area (Å²) in [7, 11) is -1.92. The van der Waals surface area contributed by atoms with Crippen molar-refractivity contribution < 1.29 is 17.6 Å². The molecule has 2 rings (SSSR count). The molecular formula is C14H18ClFN2O3S. The molecule has 1 unspecified atom stereocenters. The van der Waals surface area contributed by atoms with Crippen molar-refractivity contribution >= 4 is 27.5 Å². The molecule has 1 saturated heterocycles. The Labute approximate surface area is 134 Å². The molecule has 0 aliphatic carbocycles. The minimum atomic E-state index is -3.43. The van der Waals surface area contributed by atoms with Gasteiger partial charge in [0.2, 0.25) is 15.9 Å². The largest absolute Gasteiger partial charge is 0.340 e. The molecule has 0 radical (unpaired) electrons. The van der Waals surface area contributed by atoms with E-state index in [1.165, 1.54) is 28.4 Å². The molecule has 0 N–H and O–H groups in total. The third kappa shape index (κ3) is 3.59. The Balaban J connectivity index is 2.16. The van der Waals surface area contributed by atoms with Gasteiger partial charge in [-0.05, 0) is 25.0 Å². The number of carbonyl (C=O) groups excluding carboxylic acids is 1. The second-order valence-corrected chi connectivity index (χ2v) is 7.77. The first kappa shape index (κ1) is 17.2. The Bertz CT molecular complexity index is 660. The number of hydrogen-bond donors (Lipinski definition) is 0. The lowest BCUT2D eigenvalue weighted by molar-refractivity contribution is -0.133. The molecule has 1 heterocycles. The fraction of sp³-hybridized carbons (Fsp3) is 0.500. The molecule has 8 heteroatoms. The van der Waals surface area contributed by atoms with E-state index in [0.29, 0.717) is 19.4 Å². The fourth-order valence-electron chi connectivity index (χ4n) is 2.64. The smallest absolute Gasteiger partial charge is 0.241 e. The zero-order chi connectivity index (χ0) is 16.5. The van der Waals surface area contributed by atoms with Gasteiger partial charge in [0.05, 0.1) is 6.26 Å². The predicted octanol–water partition coefficient (Wildman–Crippen LogP) is 1.86. The zero-order valence-corrected chi connectivity index (χ0v) is 14.0. The first-order chi connectivity index (χ1) is 10.2. The lowest BCUT2D eigenvalue weighted by Gasteiger charge is -2.26. The van der Waals surface area contributed by atoms with Crippen molar-refractivity contribution in [2.24, 2.45) is 0 Å². The molecule has 22 heavy (non-hydrogen) atoms. The fourth-order valence-corrected chi connectivity index (χ4v) is 3.98. The van der Waals surface area contributed by atoms with Gasteiger partial charge in [0.1, 0.15) is 11.9 Å². The minimum Gasteiger partial charge on any atom is -0.340 e. The highest BCUT2D eigenvalue weighted by Gasteiger charge is 2.37. The highest BCUT2D eigenvalue weighted by Crippen LogP contribution is 2.24. The SMILES string of the molecule is CN(Cc1c(F)cccc1Cl)C(=O)C1CCCN1S(C)(=O)=O. The van der Waals surface area contributed by atoms with Crippen molar-refractivity contribution in [3.63, 3.8) is 0 Å². The lowest BCUT2D eigenvalue weighted by Crippen LogP contribution is -2.46. The van der Waals surface area contributed by atoms with E-state index < -0.39 is 21.9 Å². The van der Waals surface area contributed by atoms with E-state index in [1.54, 1.807) is 6.07 Å². The van der Waals surface area contributed by atoms with Crippen molar-refractivity contribution in [2.75, 3.05) is 19.8 Å². The molecule has 1 atom stereocenters. The topological polar surface area (TPSA) is 57.7 Å². The number of nitrogens with zero attached hydrogens (tertiary/aromatic N) is 2. The van der Waals surface area contributed by atoms with Crippen LogP contribution in [-0.4, -0.2) is 49.4 Å². The van der Waals surface area contributed by atoms with Gasteiger partial charge in [-0.1, -0.05) is 17.7 Å². The van der Waals surface area contributed by atoms with Crippen LogP contribution in [0.3, 0.4) is 0 Å². The minimum absolute atomic E-state index is 0.00155. The van der Waals surface area contributed by atoms with E-state index in [1.807, 2.05) is 0 Å². The third-order valence-electron chi connectivity index (χ3n) is 3.75. The maximum atomic E-state index is 13.8. The van der Waals surface area contributed by atoms with Gasteiger partial charge in [-0.2, -0.15) is 4.31 Å². The van der Waals surface area contributed by atoms with Crippen LogP contribution in [0.1, 0.15) is 18.4 Å². The maximum absolute atomic E-state index is 13.8. The summed E-state index contributed by atoms with van der Waals surface area (Å²) in [5, 5.41) is 0.242. The lowest BCUT2D eigenvalue weighted by atomic mass is 10.1. The molecule has 1 amide bonds. The molecule has 122 valence electrons. The molecule has 1 aliphatic rings. The Morgan fingerprint density at radius 2 is 2.18 bits per heavy atom. The quantitative estimate of drug-likeness (QED) is 0.834. The zero-order valence-electron chi connectivity index (χ0n) is 12.4. The van der Waals surface area contributed by atoms with Crippen molar-refractivity contribution in [3.05, 3.63) is 34.6 Å². The highest BCUT2D eigenvalue weighted by atomic mass is 35.5. The predicted molar refractivity (Wildman–Crippen MR) is 82.5 cm³/mol. The monoisotopic (exact) mass is 348 g/mol. The standard InChI is InChI=1S/C14H18ClFN2O3S/c1-17(9-10-11(15)5-3-6-12(10)16)14(19)13-7-4-8-18(13)22(2,20)21/h3,5-6,13H,4,7-9H2,1-2H3. The summed E-state index contributed by atoms with van der Waals surface area (Å²) >= 11 is 5.95. The first-order valence-electron chi connectivity index (χ1n) is 6.86. The van der Waals surface area contributed by atoms with E-state index in [9.17, 15) is 17.6 Å². The van der Waals surface area contributed by atoms with Gasteiger partial charge < -0.3 is 4.90 Å². The summed E-state index contributed by atoms with van der Waals surface area (Å²) < 4.78 is 38.4. The van der Waals surface area contributed by atoms with Crippen molar-refractivity contribution in [3.8, 4) is 0 Å². The number of halogens is 2. The van der Waals surface area contributed by atoms with E-state index in [2.05, 4.69) is 0 Å². The maximum Gasteiger partial charge on any atom is 0.241 e. The highest BCUT2D eigenvalue weighted by molar-refractivity contribution is 7.88.